The topological polar surface area (TPSA) is 9.23 Å². The van der Waals surface area contributed by atoms with Crippen molar-refractivity contribution < 1.29 is 9.13 Å². The monoisotopic (exact) mass is 266 g/mol. The van der Waals surface area contributed by atoms with E-state index in [0.717, 1.165) is 11.3 Å². The van der Waals surface area contributed by atoms with Crippen molar-refractivity contribution in [2.45, 2.75) is 21.3 Å². The molecule has 0 fully saturated rings. The molecule has 0 aliphatic heterocycles. The largest absolute Gasteiger partial charge is 0.457 e. The number of ether oxygens (including phenoxy) is 1. The van der Waals surface area contributed by atoms with Crippen LogP contribution >= 0.6 is 11.6 Å². The Labute approximate surface area is 112 Å². The van der Waals surface area contributed by atoms with Gasteiger partial charge in [-0.25, -0.2) is 4.39 Å². The second-order valence-electron chi connectivity index (χ2n) is 3.92. The summed E-state index contributed by atoms with van der Waals surface area (Å²) in [6, 6.07) is 10.1. The van der Waals surface area contributed by atoms with Gasteiger partial charge in [0.25, 0.3) is 0 Å². The minimum absolute atomic E-state index is 0. The first kappa shape index (κ1) is 14.5. The molecule has 0 aromatic heterocycles. The van der Waals surface area contributed by atoms with Crippen LogP contribution < -0.4 is 4.74 Å². The number of hydrogen-bond acceptors (Lipinski definition) is 1. The van der Waals surface area contributed by atoms with Crippen LogP contribution in [0.1, 0.15) is 18.6 Å². The van der Waals surface area contributed by atoms with Crippen molar-refractivity contribution in [1.82, 2.24) is 0 Å². The van der Waals surface area contributed by atoms with Gasteiger partial charge in [0, 0.05) is 6.07 Å². The molecule has 2 rings (SSSR count). The van der Waals surface area contributed by atoms with E-state index in [0.29, 0.717) is 5.75 Å². The zero-order valence-electron chi connectivity index (χ0n) is 9.63. The van der Waals surface area contributed by atoms with Crippen molar-refractivity contribution in [3.8, 4) is 11.5 Å². The molecule has 18 heavy (non-hydrogen) atoms. The number of hydrogen-bond donors (Lipinski definition) is 0. The molecule has 0 saturated heterocycles. The SMILES string of the molecule is C.Cc1ccc(Oc2ccc(F)c(Cl)c2)cc1C. The Morgan fingerprint density at radius 1 is 0.944 bits per heavy atom. The molecule has 0 bridgehead atoms. The average Bonchev–Trinajstić information content (AvgIpc) is 2.29. The summed E-state index contributed by atoms with van der Waals surface area (Å²) in [5.41, 5.74) is 2.35. The van der Waals surface area contributed by atoms with Crippen LogP contribution in [0.25, 0.3) is 0 Å². The van der Waals surface area contributed by atoms with E-state index in [1.807, 2.05) is 32.0 Å². The highest BCUT2D eigenvalue weighted by molar-refractivity contribution is 6.30. The lowest BCUT2D eigenvalue weighted by Crippen LogP contribution is -1.87. The molecule has 96 valence electrons. The quantitative estimate of drug-likeness (QED) is 0.695. The number of rotatable bonds is 2. The third-order valence-electron chi connectivity index (χ3n) is 2.61. The van der Waals surface area contributed by atoms with Gasteiger partial charge in [0.15, 0.2) is 0 Å². The van der Waals surface area contributed by atoms with Crippen molar-refractivity contribution in [3.63, 3.8) is 0 Å². The molecular formula is C15H16ClFO. The third kappa shape index (κ3) is 3.23. The second kappa shape index (κ2) is 5.87. The van der Waals surface area contributed by atoms with E-state index in [9.17, 15) is 4.39 Å². The fourth-order valence-corrected chi connectivity index (χ4v) is 1.62. The van der Waals surface area contributed by atoms with E-state index in [4.69, 9.17) is 16.3 Å². The molecule has 1 nitrogen and oxygen atoms in total. The molecule has 0 aliphatic carbocycles. The minimum Gasteiger partial charge on any atom is -0.457 e. The number of aryl methyl sites for hydroxylation is 2. The molecule has 2 aromatic rings. The van der Waals surface area contributed by atoms with Gasteiger partial charge in [-0.05, 0) is 49.2 Å². The summed E-state index contributed by atoms with van der Waals surface area (Å²) in [4.78, 5) is 0. The van der Waals surface area contributed by atoms with Gasteiger partial charge >= 0.3 is 0 Å². The molecule has 0 atom stereocenters. The summed E-state index contributed by atoms with van der Waals surface area (Å²) in [5, 5.41) is 0.0614. The normalized spacial score (nSPS) is 9.78. The van der Waals surface area contributed by atoms with Crippen LogP contribution in [0, 0.1) is 19.7 Å². The predicted octanol–water partition coefficient (Wildman–Crippen LogP) is 5.52. The maximum Gasteiger partial charge on any atom is 0.142 e. The van der Waals surface area contributed by atoms with Crippen LogP contribution in [0.5, 0.6) is 11.5 Å². The van der Waals surface area contributed by atoms with Crippen molar-refractivity contribution in [2.75, 3.05) is 0 Å². The fourth-order valence-electron chi connectivity index (χ4n) is 1.45. The van der Waals surface area contributed by atoms with Crippen LogP contribution in [0.2, 0.25) is 5.02 Å². The van der Waals surface area contributed by atoms with E-state index in [1.54, 1.807) is 6.07 Å². The first-order chi connectivity index (χ1) is 8.06. The van der Waals surface area contributed by atoms with Crippen LogP contribution in [0.15, 0.2) is 36.4 Å². The van der Waals surface area contributed by atoms with Gasteiger partial charge in [0.1, 0.15) is 17.3 Å². The molecule has 0 spiro atoms. The Hall–Kier alpha value is -1.54. The van der Waals surface area contributed by atoms with E-state index in [-0.39, 0.29) is 12.4 Å². The van der Waals surface area contributed by atoms with Crippen LogP contribution in [-0.2, 0) is 0 Å². The van der Waals surface area contributed by atoms with Gasteiger partial charge in [0.05, 0.1) is 5.02 Å². The summed E-state index contributed by atoms with van der Waals surface area (Å²) < 4.78 is 18.6. The molecule has 0 radical (unpaired) electrons. The first-order valence-electron chi connectivity index (χ1n) is 5.26. The van der Waals surface area contributed by atoms with Crippen molar-refractivity contribution in [3.05, 3.63) is 58.4 Å². The van der Waals surface area contributed by atoms with Crippen molar-refractivity contribution in [2.24, 2.45) is 0 Å². The Bertz CT molecular complexity index is 503. The average molecular weight is 267 g/mol. The van der Waals surface area contributed by atoms with Gasteiger partial charge in [-0.15, -0.1) is 0 Å². The van der Waals surface area contributed by atoms with E-state index in [1.165, 1.54) is 17.7 Å². The standard InChI is InChI=1S/C14H12ClFO.CH4/c1-9-3-4-11(7-10(9)2)17-12-5-6-14(16)13(15)8-12;/h3-8H,1-2H3;1H4. The molecule has 0 saturated carbocycles. The Kier molecular flexibility index (Phi) is 4.74. The summed E-state index contributed by atoms with van der Waals surface area (Å²) in [6.07, 6.45) is 0. The molecule has 0 aliphatic rings. The maximum absolute atomic E-state index is 13.0. The van der Waals surface area contributed by atoms with Crippen LogP contribution in [0.3, 0.4) is 0 Å². The van der Waals surface area contributed by atoms with Gasteiger partial charge in [-0.1, -0.05) is 25.1 Å². The molecule has 2 aromatic carbocycles. The molecule has 3 heteroatoms. The molecule has 0 amide bonds. The lowest BCUT2D eigenvalue weighted by molar-refractivity contribution is 0.480. The van der Waals surface area contributed by atoms with Gasteiger partial charge in [0.2, 0.25) is 0 Å². The van der Waals surface area contributed by atoms with Crippen molar-refractivity contribution >= 4 is 11.6 Å². The predicted molar refractivity (Wildman–Crippen MR) is 74.1 cm³/mol. The van der Waals surface area contributed by atoms with Crippen LogP contribution in [-0.4, -0.2) is 0 Å². The summed E-state index contributed by atoms with van der Waals surface area (Å²) in [5.74, 6) is 0.800. The molecule has 0 unspecified atom stereocenters. The fraction of sp³-hybridized carbons (Fsp3) is 0.200. The van der Waals surface area contributed by atoms with Gasteiger partial charge < -0.3 is 4.74 Å². The highest BCUT2D eigenvalue weighted by Crippen LogP contribution is 2.27. The summed E-state index contributed by atoms with van der Waals surface area (Å²) >= 11 is 5.68. The Morgan fingerprint density at radius 2 is 1.56 bits per heavy atom. The van der Waals surface area contributed by atoms with Crippen molar-refractivity contribution in [1.29, 1.82) is 0 Å². The third-order valence-corrected chi connectivity index (χ3v) is 2.89. The molecular weight excluding hydrogens is 251 g/mol. The highest BCUT2D eigenvalue weighted by Gasteiger charge is 2.03. The van der Waals surface area contributed by atoms with Gasteiger partial charge in [-0.2, -0.15) is 0 Å². The Morgan fingerprint density at radius 3 is 2.17 bits per heavy atom. The zero-order chi connectivity index (χ0) is 12.4. The number of halogens is 2. The zero-order valence-corrected chi connectivity index (χ0v) is 10.4. The van der Waals surface area contributed by atoms with E-state index in [2.05, 4.69) is 0 Å². The Balaban J connectivity index is 0.00000162. The minimum atomic E-state index is -0.445. The number of benzene rings is 2. The smallest absolute Gasteiger partial charge is 0.142 e. The maximum atomic E-state index is 13.0. The molecule has 0 heterocycles. The van der Waals surface area contributed by atoms with E-state index >= 15 is 0 Å². The lowest BCUT2D eigenvalue weighted by Gasteiger charge is -2.08. The summed E-state index contributed by atoms with van der Waals surface area (Å²) in [6.45, 7) is 4.05. The van der Waals surface area contributed by atoms with E-state index < -0.39 is 5.82 Å². The highest BCUT2D eigenvalue weighted by atomic mass is 35.5. The first-order valence-corrected chi connectivity index (χ1v) is 5.64. The van der Waals surface area contributed by atoms with Crippen LogP contribution in [0.4, 0.5) is 4.39 Å². The summed E-state index contributed by atoms with van der Waals surface area (Å²) in [7, 11) is 0. The van der Waals surface area contributed by atoms with Gasteiger partial charge in [-0.3, -0.25) is 0 Å². The molecule has 0 N–H and O–H groups in total. The second-order valence-corrected chi connectivity index (χ2v) is 4.33. The lowest BCUT2D eigenvalue weighted by atomic mass is 10.1.